The van der Waals surface area contributed by atoms with Crippen LogP contribution in [-0.4, -0.2) is 25.8 Å². The van der Waals surface area contributed by atoms with Crippen molar-refractivity contribution in [3.63, 3.8) is 0 Å². The first-order valence-electron chi connectivity index (χ1n) is 6.64. The van der Waals surface area contributed by atoms with Gasteiger partial charge >= 0.3 is 0 Å². The van der Waals surface area contributed by atoms with Gasteiger partial charge in [0.15, 0.2) is 0 Å². The minimum Gasteiger partial charge on any atom is -0.380 e. The molecule has 0 heterocycles. The highest BCUT2D eigenvalue weighted by atomic mass is 16.5. The van der Waals surface area contributed by atoms with Crippen LogP contribution in [0.3, 0.4) is 0 Å². The number of hydrogen-bond acceptors (Lipinski definition) is 2. The molecule has 1 aliphatic carbocycles. The van der Waals surface area contributed by atoms with Crippen LogP contribution in [0, 0.1) is 5.92 Å². The molecule has 1 fully saturated rings. The second kappa shape index (κ2) is 8.12. The Labute approximate surface area is 94.8 Å². The van der Waals surface area contributed by atoms with Gasteiger partial charge in [-0.05, 0) is 25.2 Å². The molecule has 0 aromatic carbocycles. The first-order chi connectivity index (χ1) is 7.33. The van der Waals surface area contributed by atoms with Crippen molar-refractivity contribution in [2.45, 2.75) is 58.4 Å². The van der Waals surface area contributed by atoms with E-state index in [2.05, 4.69) is 19.2 Å². The van der Waals surface area contributed by atoms with Crippen molar-refractivity contribution in [2.24, 2.45) is 5.92 Å². The molecule has 1 aliphatic rings. The number of nitrogens with one attached hydrogen (secondary N) is 1. The third kappa shape index (κ3) is 6.16. The van der Waals surface area contributed by atoms with E-state index in [0.717, 1.165) is 31.7 Å². The Hall–Kier alpha value is -0.0800. The maximum Gasteiger partial charge on any atom is 0.0591 e. The summed E-state index contributed by atoms with van der Waals surface area (Å²) < 4.78 is 5.65. The highest BCUT2D eigenvalue weighted by Gasteiger charge is 2.13. The van der Waals surface area contributed by atoms with Crippen LogP contribution < -0.4 is 5.32 Å². The van der Waals surface area contributed by atoms with Crippen molar-refractivity contribution in [1.29, 1.82) is 0 Å². The molecule has 2 heteroatoms. The first-order valence-corrected chi connectivity index (χ1v) is 6.64. The molecular formula is C13H27NO. The summed E-state index contributed by atoms with van der Waals surface area (Å²) in [5.41, 5.74) is 0. The van der Waals surface area contributed by atoms with E-state index in [-0.39, 0.29) is 0 Å². The highest BCUT2D eigenvalue weighted by molar-refractivity contribution is 4.72. The first kappa shape index (κ1) is 13.0. The van der Waals surface area contributed by atoms with Crippen molar-refractivity contribution in [1.82, 2.24) is 5.32 Å². The minimum absolute atomic E-state index is 0.724. The number of rotatable bonds is 8. The zero-order valence-corrected chi connectivity index (χ0v) is 10.4. The average molecular weight is 213 g/mol. The van der Waals surface area contributed by atoms with Crippen molar-refractivity contribution in [3.8, 4) is 0 Å². The lowest BCUT2D eigenvalue weighted by Crippen LogP contribution is -2.29. The van der Waals surface area contributed by atoms with Crippen molar-refractivity contribution in [2.75, 3.05) is 19.8 Å². The van der Waals surface area contributed by atoms with Gasteiger partial charge in [0.05, 0.1) is 6.61 Å². The van der Waals surface area contributed by atoms with E-state index in [1.54, 1.807) is 0 Å². The van der Waals surface area contributed by atoms with Gasteiger partial charge < -0.3 is 10.1 Å². The van der Waals surface area contributed by atoms with Gasteiger partial charge in [-0.15, -0.1) is 0 Å². The second-order valence-electron chi connectivity index (χ2n) is 4.90. The van der Waals surface area contributed by atoms with Crippen LogP contribution in [0.2, 0.25) is 0 Å². The van der Waals surface area contributed by atoms with Crippen LogP contribution in [0.15, 0.2) is 0 Å². The molecule has 0 aromatic heterocycles. The van der Waals surface area contributed by atoms with Gasteiger partial charge in [-0.2, -0.15) is 0 Å². The van der Waals surface area contributed by atoms with E-state index >= 15 is 0 Å². The van der Waals surface area contributed by atoms with Gasteiger partial charge in [-0.3, -0.25) is 0 Å². The standard InChI is InChI=1S/C13H27NO/c1-3-6-12(2)11-15-10-9-14-13-7-4-5-8-13/h12-14H,3-11H2,1-2H3. The molecule has 90 valence electrons. The summed E-state index contributed by atoms with van der Waals surface area (Å²) in [5.74, 6) is 0.724. The lowest BCUT2D eigenvalue weighted by molar-refractivity contribution is 0.102. The van der Waals surface area contributed by atoms with Crippen molar-refractivity contribution in [3.05, 3.63) is 0 Å². The molecule has 0 aromatic rings. The largest absolute Gasteiger partial charge is 0.380 e. The second-order valence-corrected chi connectivity index (χ2v) is 4.90. The molecule has 1 N–H and O–H groups in total. The Morgan fingerprint density at radius 3 is 2.73 bits per heavy atom. The van der Waals surface area contributed by atoms with Gasteiger partial charge in [-0.25, -0.2) is 0 Å². The Bertz CT molecular complexity index is 143. The Balaban J connectivity index is 1.84. The summed E-state index contributed by atoms with van der Waals surface area (Å²) in [6, 6.07) is 0.779. The van der Waals surface area contributed by atoms with E-state index in [0.29, 0.717) is 0 Å². The van der Waals surface area contributed by atoms with Crippen LogP contribution in [0.25, 0.3) is 0 Å². The molecule has 2 nitrogen and oxygen atoms in total. The Kier molecular flexibility index (Phi) is 7.03. The summed E-state index contributed by atoms with van der Waals surface area (Å²) in [6.45, 7) is 7.35. The molecule has 1 saturated carbocycles. The molecule has 0 bridgehead atoms. The highest BCUT2D eigenvalue weighted by Crippen LogP contribution is 2.17. The van der Waals surface area contributed by atoms with Crippen molar-refractivity contribution >= 4 is 0 Å². The van der Waals surface area contributed by atoms with Crippen LogP contribution in [0.5, 0.6) is 0 Å². The fraction of sp³-hybridized carbons (Fsp3) is 1.00. The molecule has 0 amide bonds. The maximum atomic E-state index is 5.65. The van der Waals surface area contributed by atoms with Gasteiger partial charge in [0.1, 0.15) is 0 Å². The molecule has 1 atom stereocenters. The molecule has 1 rings (SSSR count). The van der Waals surface area contributed by atoms with Crippen LogP contribution in [-0.2, 0) is 4.74 Å². The quantitative estimate of drug-likeness (QED) is 0.626. The Morgan fingerprint density at radius 2 is 2.07 bits per heavy atom. The number of ether oxygens (including phenoxy) is 1. The van der Waals surface area contributed by atoms with E-state index in [1.165, 1.54) is 38.5 Å². The summed E-state index contributed by atoms with van der Waals surface area (Å²) in [7, 11) is 0. The predicted molar refractivity (Wildman–Crippen MR) is 65.1 cm³/mol. The van der Waals surface area contributed by atoms with E-state index in [9.17, 15) is 0 Å². The molecular weight excluding hydrogens is 186 g/mol. The van der Waals surface area contributed by atoms with Gasteiger partial charge in [0, 0.05) is 19.2 Å². The summed E-state index contributed by atoms with van der Waals surface area (Å²) in [5, 5.41) is 3.56. The van der Waals surface area contributed by atoms with E-state index in [1.807, 2.05) is 0 Å². The fourth-order valence-corrected chi connectivity index (χ4v) is 2.33. The monoisotopic (exact) mass is 213 g/mol. The molecule has 0 saturated heterocycles. The van der Waals surface area contributed by atoms with Gasteiger partial charge in [0.25, 0.3) is 0 Å². The lowest BCUT2D eigenvalue weighted by Gasteiger charge is -2.13. The minimum atomic E-state index is 0.724. The van der Waals surface area contributed by atoms with Gasteiger partial charge in [-0.1, -0.05) is 33.1 Å². The SMILES string of the molecule is CCCC(C)COCCNC1CCCC1. The van der Waals surface area contributed by atoms with E-state index < -0.39 is 0 Å². The third-order valence-electron chi connectivity index (χ3n) is 3.22. The normalized spacial score (nSPS) is 19.6. The van der Waals surface area contributed by atoms with Crippen LogP contribution >= 0.6 is 0 Å². The molecule has 0 aliphatic heterocycles. The van der Waals surface area contributed by atoms with Crippen LogP contribution in [0.4, 0.5) is 0 Å². The zero-order valence-electron chi connectivity index (χ0n) is 10.4. The average Bonchev–Trinajstić information content (AvgIpc) is 2.70. The van der Waals surface area contributed by atoms with Crippen LogP contribution in [0.1, 0.15) is 52.4 Å². The third-order valence-corrected chi connectivity index (χ3v) is 3.22. The smallest absolute Gasteiger partial charge is 0.0591 e. The topological polar surface area (TPSA) is 21.3 Å². The number of hydrogen-bond donors (Lipinski definition) is 1. The maximum absolute atomic E-state index is 5.65. The summed E-state index contributed by atoms with van der Waals surface area (Å²) >= 11 is 0. The zero-order chi connectivity index (χ0) is 10.9. The molecule has 0 spiro atoms. The Morgan fingerprint density at radius 1 is 1.33 bits per heavy atom. The summed E-state index contributed by atoms with van der Waals surface area (Å²) in [6.07, 6.45) is 8.11. The van der Waals surface area contributed by atoms with Crippen molar-refractivity contribution < 1.29 is 4.74 Å². The molecule has 0 radical (unpaired) electrons. The molecule has 15 heavy (non-hydrogen) atoms. The van der Waals surface area contributed by atoms with Gasteiger partial charge in [0.2, 0.25) is 0 Å². The predicted octanol–water partition coefficient (Wildman–Crippen LogP) is 2.97. The molecule has 1 unspecified atom stereocenters. The fourth-order valence-electron chi connectivity index (χ4n) is 2.33. The van der Waals surface area contributed by atoms with E-state index in [4.69, 9.17) is 4.74 Å². The summed E-state index contributed by atoms with van der Waals surface area (Å²) in [4.78, 5) is 0. The lowest BCUT2D eigenvalue weighted by atomic mass is 10.1.